The lowest BCUT2D eigenvalue weighted by atomic mass is 10.1. The van der Waals surface area contributed by atoms with E-state index >= 15 is 0 Å². The Labute approximate surface area is 126 Å². The highest BCUT2D eigenvalue weighted by Gasteiger charge is 2.33. The molecule has 2 aliphatic heterocycles. The molecule has 1 aromatic carbocycles. The van der Waals surface area contributed by atoms with Crippen molar-refractivity contribution in [1.82, 2.24) is 9.97 Å². The highest BCUT2D eigenvalue weighted by Crippen LogP contribution is 2.35. The first-order valence-electron chi connectivity index (χ1n) is 7.30. The van der Waals surface area contributed by atoms with Gasteiger partial charge in [-0.3, -0.25) is 0 Å². The number of hydrogen-bond donors (Lipinski definition) is 1. The van der Waals surface area contributed by atoms with Crippen LogP contribution in [-0.4, -0.2) is 47.5 Å². The molecule has 0 amide bonds. The van der Waals surface area contributed by atoms with Gasteiger partial charge >= 0.3 is 0 Å². The second-order valence-corrected chi connectivity index (χ2v) is 5.62. The fourth-order valence-electron chi connectivity index (χ4n) is 2.97. The number of fused-ring (bicyclic) bond motifs is 4. The van der Waals surface area contributed by atoms with Gasteiger partial charge in [0.2, 0.25) is 0 Å². The number of aliphatic hydroxyl groups excluding tert-OH is 1. The van der Waals surface area contributed by atoms with Gasteiger partial charge in [-0.1, -0.05) is 0 Å². The van der Waals surface area contributed by atoms with Gasteiger partial charge in [-0.2, -0.15) is 0 Å². The van der Waals surface area contributed by atoms with E-state index in [9.17, 15) is 9.50 Å². The zero-order valence-electron chi connectivity index (χ0n) is 12.1. The van der Waals surface area contributed by atoms with Crippen molar-refractivity contribution < 1.29 is 19.0 Å². The molecule has 22 heavy (non-hydrogen) atoms. The van der Waals surface area contributed by atoms with Crippen molar-refractivity contribution in [2.75, 3.05) is 31.3 Å². The van der Waals surface area contributed by atoms with E-state index in [2.05, 4.69) is 14.9 Å². The number of halogens is 1. The number of hydrogen-bond acceptors (Lipinski definition) is 6. The zero-order valence-corrected chi connectivity index (χ0v) is 12.1. The van der Waals surface area contributed by atoms with Gasteiger partial charge in [-0.25, -0.2) is 14.4 Å². The van der Waals surface area contributed by atoms with Gasteiger partial charge in [0.1, 0.15) is 12.4 Å². The molecule has 7 heteroatoms. The van der Waals surface area contributed by atoms with Crippen LogP contribution in [0.5, 0.6) is 5.88 Å². The summed E-state index contributed by atoms with van der Waals surface area (Å²) in [6.45, 7) is 4.00. The van der Waals surface area contributed by atoms with Crippen LogP contribution >= 0.6 is 0 Å². The van der Waals surface area contributed by atoms with E-state index in [0.29, 0.717) is 54.7 Å². The molecule has 6 nitrogen and oxygen atoms in total. The number of aromatic nitrogens is 2. The zero-order chi connectivity index (χ0) is 15.3. The minimum absolute atomic E-state index is 0.114. The molecule has 1 fully saturated rings. The molecule has 0 bridgehead atoms. The lowest BCUT2D eigenvalue weighted by Crippen LogP contribution is -2.51. The van der Waals surface area contributed by atoms with Crippen LogP contribution in [0.15, 0.2) is 12.1 Å². The van der Waals surface area contributed by atoms with Crippen molar-refractivity contribution in [3.05, 3.63) is 23.5 Å². The van der Waals surface area contributed by atoms with E-state index in [0.717, 1.165) is 0 Å². The Morgan fingerprint density at radius 1 is 1.36 bits per heavy atom. The first-order valence-corrected chi connectivity index (χ1v) is 7.30. The third kappa shape index (κ3) is 2.08. The molecular weight excluding hydrogens is 289 g/mol. The lowest BCUT2D eigenvalue weighted by Gasteiger charge is -2.39. The third-order valence-corrected chi connectivity index (χ3v) is 4.08. The van der Waals surface area contributed by atoms with Crippen molar-refractivity contribution in [1.29, 1.82) is 0 Å². The van der Waals surface area contributed by atoms with Gasteiger partial charge in [0, 0.05) is 18.2 Å². The van der Waals surface area contributed by atoms with Gasteiger partial charge in [-0.05, 0) is 13.0 Å². The van der Waals surface area contributed by atoms with E-state index in [1.165, 1.54) is 12.1 Å². The number of ether oxygens (including phenoxy) is 2. The van der Waals surface area contributed by atoms with Crippen molar-refractivity contribution in [3.8, 4) is 5.88 Å². The molecule has 116 valence electrons. The quantitative estimate of drug-likeness (QED) is 0.859. The van der Waals surface area contributed by atoms with Gasteiger partial charge < -0.3 is 19.5 Å². The summed E-state index contributed by atoms with van der Waals surface area (Å²) in [4.78, 5) is 11.1. The first-order chi connectivity index (χ1) is 10.6. The average Bonchev–Trinajstić information content (AvgIpc) is 2.52. The molecule has 1 aromatic heterocycles. The Hall–Kier alpha value is -1.99. The highest BCUT2D eigenvalue weighted by molar-refractivity contribution is 5.81. The number of aliphatic hydroxyl groups is 1. The van der Waals surface area contributed by atoms with Crippen LogP contribution in [-0.2, 0) is 4.74 Å². The lowest BCUT2D eigenvalue weighted by molar-refractivity contribution is 0.0686. The number of nitrogens with zero attached hydrogens (tertiary/aromatic N) is 3. The van der Waals surface area contributed by atoms with Crippen molar-refractivity contribution in [2.45, 2.75) is 19.1 Å². The molecule has 2 atom stereocenters. The van der Waals surface area contributed by atoms with Gasteiger partial charge in [-0.15, -0.1) is 0 Å². The number of anilines is 1. The summed E-state index contributed by atoms with van der Waals surface area (Å²) in [5.41, 5.74) is 1.33. The summed E-state index contributed by atoms with van der Waals surface area (Å²) in [5, 5.41) is 9.88. The normalized spacial score (nSPS) is 22.0. The molecule has 1 unspecified atom stereocenters. The Morgan fingerprint density at radius 3 is 3.05 bits per heavy atom. The smallest absolute Gasteiger partial charge is 0.258 e. The van der Waals surface area contributed by atoms with Crippen LogP contribution in [0.4, 0.5) is 10.2 Å². The van der Waals surface area contributed by atoms with Crippen molar-refractivity contribution in [3.63, 3.8) is 0 Å². The Morgan fingerprint density at radius 2 is 2.23 bits per heavy atom. The summed E-state index contributed by atoms with van der Waals surface area (Å²) < 4.78 is 24.8. The largest absolute Gasteiger partial charge is 0.473 e. The topological polar surface area (TPSA) is 67.7 Å². The van der Waals surface area contributed by atoms with Gasteiger partial charge in [0.15, 0.2) is 5.82 Å². The van der Waals surface area contributed by atoms with Gasteiger partial charge in [0.05, 0.1) is 36.4 Å². The second-order valence-electron chi connectivity index (χ2n) is 5.62. The monoisotopic (exact) mass is 305 g/mol. The summed E-state index contributed by atoms with van der Waals surface area (Å²) in [5.74, 6) is 0.603. The van der Waals surface area contributed by atoms with Gasteiger partial charge in [0.25, 0.3) is 5.88 Å². The fraction of sp³-hybridized carbons (Fsp3) is 0.467. The van der Waals surface area contributed by atoms with E-state index in [4.69, 9.17) is 9.47 Å². The molecule has 0 spiro atoms. The Kier molecular flexibility index (Phi) is 3.12. The molecule has 1 N–H and O–H groups in total. The van der Waals surface area contributed by atoms with E-state index in [1.54, 1.807) is 6.92 Å². The van der Waals surface area contributed by atoms with Crippen molar-refractivity contribution in [2.24, 2.45) is 0 Å². The van der Waals surface area contributed by atoms with Crippen LogP contribution in [0.25, 0.3) is 11.0 Å². The van der Waals surface area contributed by atoms with Crippen LogP contribution in [0.2, 0.25) is 0 Å². The van der Waals surface area contributed by atoms with Crippen LogP contribution in [0.1, 0.15) is 18.6 Å². The molecule has 1 saturated heterocycles. The third-order valence-electron chi connectivity index (χ3n) is 4.08. The van der Waals surface area contributed by atoms with E-state index < -0.39 is 11.9 Å². The first kappa shape index (κ1) is 13.7. The number of morpholine rings is 1. The molecule has 3 heterocycles. The summed E-state index contributed by atoms with van der Waals surface area (Å²) in [6, 6.07) is 2.72. The summed E-state index contributed by atoms with van der Waals surface area (Å²) in [6.07, 6.45) is -0.824. The Bertz CT molecular complexity index is 738. The molecule has 4 rings (SSSR count). The maximum Gasteiger partial charge on any atom is 0.258 e. The fourth-order valence-corrected chi connectivity index (χ4v) is 2.97. The second kappa shape index (κ2) is 5.03. The number of benzene rings is 1. The van der Waals surface area contributed by atoms with E-state index in [1.807, 2.05) is 0 Å². The maximum absolute atomic E-state index is 13.7. The summed E-state index contributed by atoms with van der Waals surface area (Å²) in [7, 11) is 0. The van der Waals surface area contributed by atoms with Crippen LogP contribution in [0, 0.1) is 5.82 Å². The molecule has 0 radical (unpaired) electrons. The van der Waals surface area contributed by atoms with E-state index in [-0.39, 0.29) is 6.04 Å². The molecule has 0 saturated carbocycles. The molecule has 2 aliphatic rings. The van der Waals surface area contributed by atoms with Crippen LogP contribution < -0.4 is 9.64 Å². The molecule has 2 aromatic rings. The predicted molar refractivity (Wildman–Crippen MR) is 77.6 cm³/mol. The molecular formula is C15H16FN3O3. The summed E-state index contributed by atoms with van der Waals surface area (Å²) >= 11 is 0. The predicted octanol–water partition coefficient (Wildman–Crippen LogP) is 1.42. The minimum atomic E-state index is -0.824. The SMILES string of the molecule is CC(O)c1cc(F)cc2nc3c(nc12)N1CCOC[C@H]1CO3. The standard InChI is InChI=1S/C15H16FN3O3/c1-8(20)11-4-9(16)5-12-13(11)18-14-15(17-12)22-7-10-6-21-3-2-19(10)14/h4-5,8,10,20H,2-3,6-7H2,1H3/t8?,10-/m0/s1. The van der Waals surface area contributed by atoms with Crippen molar-refractivity contribution >= 4 is 16.9 Å². The van der Waals surface area contributed by atoms with Crippen LogP contribution in [0.3, 0.4) is 0 Å². The maximum atomic E-state index is 13.7. The molecule has 0 aliphatic carbocycles. The average molecular weight is 305 g/mol. The Balaban J connectivity index is 1.92. The minimum Gasteiger partial charge on any atom is -0.473 e. The highest BCUT2D eigenvalue weighted by atomic mass is 19.1. The number of rotatable bonds is 1.